The van der Waals surface area contributed by atoms with Crippen molar-refractivity contribution in [1.82, 2.24) is 15.5 Å². The summed E-state index contributed by atoms with van der Waals surface area (Å²) < 4.78 is 5.00. The van der Waals surface area contributed by atoms with Crippen molar-refractivity contribution in [3.63, 3.8) is 0 Å². The van der Waals surface area contributed by atoms with Crippen LogP contribution in [0.1, 0.15) is 19.8 Å². The van der Waals surface area contributed by atoms with Gasteiger partial charge in [0.05, 0.1) is 6.54 Å². The van der Waals surface area contributed by atoms with Gasteiger partial charge in [0.15, 0.2) is 0 Å². The molecule has 2 fully saturated rings. The molecule has 19 heavy (non-hydrogen) atoms. The zero-order chi connectivity index (χ0) is 14.0. The zero-order valence-electron chi connectivity index (χ0n) is 11.2. The van der Waals surface area contributed by atoms with Crippen molar-refractivity contribution in [3.05, 3.63) is 0 Å². The molecular weight excluding hydrogens is 250 g/mol. The maximum Gasteiger partial charge on any atom is 0.322 e. The minimum atomic E-state index is -0.919. The minimum absolute atomic E-state index is 0.00428. The SMILES string of the molecule is COCC(C)CC(=O)N1CCC2(C1)NC(=O)NC2=O. The van der Waals surface area contributed by atoms with Crippen molar-refractivity contribution in [1.29, 1.82) is 0 Å². The van der Waals surface area contributed by atoms with Crippen molar-refractivity contribution in [3.8, 4) is 0 Å². The average Bonchev–Trinajstić information content (AvgIpc) is 2.85. The topological polar surface area (TPSA) is 87.7 Å². The highest BCUT2D eigenvalue weighted by molar-refractivity contribution is 6.07. The van der Waals surface area contributed by atoms with Gasteiger partial charge >= 0.3 is 6.03 Å². The lowest BCUT2D eigenvalue weighted by molar-refractivity contribution is -0.132. The monoisotopic (exact) mass is 269 g/mol. The van der Waals surface area contributed by atoms with E-state index in [1.165, 1.54) is 0 Å². The summed E-state index contributed by atoms with van der Waals surface area (Å²) in [5.41, 5.74) is -0.919. The number of methoxy groups -OCH3 is 1. The molecule has 0 aliphatic carbocycles. The minimum Gasteiger partial charge on any atom is -0.384 e. The lowest BCUT2D eigenvalue weighted by Gasteiger charge is -2.22. The largest absolute Gasteiger partial charge is 0.384 e. The first-order chi connectivity index (χ1) is 8.97. The van der Waals surface area contributed by atoms with E-state index in [1.807, 2.05) is 6.92 Å². The summed E-state index contributed by atoms with van der Waals surface area (Å²) in [5, 5.41) is 4.85. The number of hydrogen-bond acceptors (Lipinski definition) is 4. The van der Waals surface area contributed by atoms with Gasteiger partial charge in [0.25, 0.3) is 5.91 Å². The van der Waals surface area contributed by atoms with E-state index in [0.29, 0.717) is 26.0 Å². The highest BCUT2D eigenvalue weighted by Gasteiger charge is 2.51. The van der Waals surface area contributed by atoms with Crippen molar-refractivity contribution in [2.24, 2.45) is 5.92 Å². The van der Waals surface area contributed by atoms with Gasteiger partial charge in [-0.25, -0.2) is 4.79 Å². The Bertz CT molecular complexity index is 412. The molecule has 2 rings (SSSR count). The fraction of sp³-hybridized carbons (Fsp3) is 0.750. The predicted octanol–water partition coefficient (Wildman–Crippen LogP) is -0.530. The van der Waals surface area contributed by atoms with Gasteiger partial charge in [-0.2, -0.15) is 0 Å². The molecule has 2 N–H and O–H groups in total. The van der Waals surface area contributed by atoms with Crippen LogP contribution in [-0.2, 0) is 14.3 Å². The van der Waals surface area contributed by atoms with Crippen LogP contribution in [0.3, 0.4) is 0 Å². The average molecular weight is 269 g/mol. The van der Waals surface area contributed by atoms with E-state index in [1.54, 1.807) is 12.0 Å². The molecule has 106 valence electrons. The van der Waals surface area contributed by atoms with Gasteiger partial charge < -0.3 is 15.0 Å². The summed E-state index contributed by atoms with van der Waals surface area (Å²) in [6.07, 6.45) is 0.856. The van der Waals surface area contributed by atoms with Crippen molar-refractivity contribution in [2.45, 2.75) is 25.3 Å². The lowest BCUT2D eigenvalue weighted by Crippen LogP contribution is -2.49. The lowest BCUT2D eigenvalue weighted by atomic mass is 9.99. The van der Waals surface area contributed by atoms with Gasteiger partial charge in [0, 0.05) is 26.7 Å². The van der Waals surface area contributed by atoms with E-state index in [2.05, 4.69) is 10.6 Å². The molecule has 0 aromatic carbocycles. The third kappa shape index (κ3) is 2.70. The van der Waals surface area contributed by atoms with E-state index in [0.717, 1.165) is 0 Å². The molecule has 4 amide bonds. The summed E-state index contributed by atoms with van der Waals surface area (Å²) in [4.78, 5) is 36.7. The third-order valence-electron chi connectivity index (χ3n) is 3.61. The Kier molecular flexibility index (Phi) is 3.75. The zero-order valence-corrected chi connectivity index (χ0v) is 11.2. The van der Waals surface area contributed by atoms with Gasteiger partial charge in [0.1, 0.15) is 5.54 Å². The predicted molar refractivity (Wildman–Crippen MR) is 66.3 cm³/mol. The maximum absolute atomic E-state index is 12.1. The number of urea groups is 1. The number of amides is 4. The summed E-state index contributed by atoms with van der Waals surface area (Å²) in [5.74, 6) is -0.200. The highest BCUT2D eigenvalue weighted by atomic mass is 16.5. The Hall–Kier alpha value is -1.63. The van der Waals surface area contributed by atoms with Crippen LogP contribution in [0.2, 0.25) is 0 Å². The summed E-state index contributed by atoms with van der Waals surface area (Å²) in [7, 11) is 1.60. The van der Waals surface area contributed by atoms with Gasteiger partial charge in [-0.15, -0.1) is 0 Å². The van der Waals surface area contributed by atoms with E-state index >= 15 is 0 Å². The van der Waals surface area contributed by atoms with E-state index < -0.39 is 11.6 Å². The van der Waals surface area contributed by atoms with E-state index in [-0.39, 0.29) is 24.3 Å². The Labute approximate surface area is 111 Å². The van der Waals surface area contributed by atoms with Crippen molar-refractivity contribution in [2.75, 3.05) is 26.8 Å². The number of ether oxygens (including phenoxy) is 1. The second kappa shape index (κ2) is 5.16. The molecule has 0 radical (unpaired) electrons. The number of carbonyl (C=O) groups is 3. The molecule has 1 spiro atoms. The first-order valence-corrected chi connectivity index (χ1v) is 6.37. The molecule has 2 saturated heterocycles. The van der Waals surface area contributed by atoms with Crippen LogP contribution >= 0.6 is 0 Å². The maximum atomic E-state index is 12.1. The van der Waals surface area contributed by atoms with Gasteiger partial charge in [-0.1, -0.05) is 6.92 Å². The Morgan fingerprint density at radius 3 is 2.84 bits per heavy atom. The molecule has 0 aromatic rings. The third-order valence-corrected chi connectivity index (χ3v) is 3.61. The van der Waals surface area contributed by atoms with E-state index in [4.69, 9.17) is 4.74 Å². The summed E-state index contributed by atoms with van der Waals surface area (Å²) >= 11 is 0. The molecule has 0 saturated carbocycles. The molecule has 2 aliphatic rings. The van der Waals surface area contributed by atoms with Crippen LogP contribution in [0, 0.1) is 5.92 Å². The number of carbonyl (C=O) groups excluding carboxylic acids is 3. The molecule has 7 heteroatoms. The molecule has 0 bridgehead atoms. The van der Waals surface area contributed by atoms with Crippen LogP contribution in [0.25, 0.3) is 0 Å². The number of likely N-dealkylation sites (tertiary alicyclic amines) is 1. The molecule has 2 unspecified atom stereocenters. The molecule has 2 heterocycles. The van der Waals surface area contributed by atoms with Crippen molar-refractivity contribution < 1.29 is 19.1 Å². The van der Waals surface area contributed by atoms with Crippen LogP contribution in [-0.4, -0.2) is 55.1 Å². The van der Waals surface area contributed by atoms with Crippen LogP contribution in [0.5, 0.6) is 0 Å². The number of nitrogens with one attached hydrogen (secondary N) is 2. The number of imide groups is 1. The summed E-state index contributed by atoms with van der Waals surface area (Å²) in [6, 6.07) is -0.480. The fourth-order valence-electron chi connectivity index (χ4n) is 2.61. The quantitative estimate of drug-likeness (QED) is 0.672. The second-order valence-corrected chi connectivity index (χ2v) is 5.32. The molecule has 2 atom stereocenters. The van der Waals surface area contributed by atoms with Gasteiger partial charge in [0.2, 0.25) is 5.91 Å². The first-order valence-electron chi connectivity index (χ1n) is 6.37. The number of nitrogens with zero attached hydrogens (tertiary/aromatic N) is 1. The highest BCUT2D eigenvalue weighted by Crippen LogP contribution is 2.25. The normalized spacial score (nSPS) is 27.6. The Balaban J connectivity index is 1.93. The standard InChI is InChI=1S/C12H19N3O4/c1-8(6-19-2)5-9(16)15-4-3-12(7-15)10(17)13-11(18)14-12/h8H,3-7H2,1-2H3,(H2,13,14,17,18). The van der Waals surface area contributed by atoms with Crippen molar-refractivity contribution >= 4 is 17.8 Å². The molecule has 7 nitrogen and oxygen atoms in total. The van der Waals surface area contributed by atoms with Gasteiger partial charge in [-0.3, -0.25) is 14.9 Å². The Morgan fingerprint density at radius 1 is 1.53 bits per heavy atom. The molecule has 0 aromatic heterocycles. The smallest absolute Gasteiger partial charge is 0.322 e. The van der Waals surface area contributed by atoms with E-state index in [9.17, 15) is 14.4 Å². The number of hydrogen-bond donors (Lipinski definition) is 2. The summed E-state index contributed by atoms with van der Waals surface area (Å²) in [6.45, 7) is 3.22. The second-order valence-electron chi connectivity index (χ2n) is 5.32. The van der Waals surface area contributed by atoms with Gasteiger partial charge in [-0.05, 0) is 12.3 Å². The van der Waals surface area contributed by atoms with Crippen LogP contribution in [0.4, 0.5) is 4.79 Å². The Morgan fingerprint density at radius 2 is 2.26 bits per heavy atom. The fourth-order valence-corrected chi connectivity index (χ4v) is 2.61. The molecule has 2 aliphatic heterocycles. The van der Waals surface area contributed by atoms with Crippen LogP contribution in [0.15, 0.2) is 0 Å². The first kappa shape index (κ1) is 13.8. The number of rotatable bonds is 4. The molecular formula is C12H19N3O4. The van der Waals surface area contributed by atoms with Crippen LogP contribution < -0.4 is 10.6 Å².